The van der Waals surface area contributed by atoms with Gasteiger partial charge in [-0.05, 0) is 35.7 Å². The number of methoxy groups -OCH3 is 1. The number of nitrogens with zero attached hydrogens (tertiary/aromatic N) is 2. The Kier molecular flexibility index (Phi) is 8.99. The summed E-state index contributed by atoms with van der Waals surface area (Å²) < 4.78 is 16.5. The molecule has 0 radical (unpaired) electrons. The van der Waals surface area contributed by atoms with Gasteiger partial charge >= 0.3 is 0 Å². The first kappa shape index (κ1) is 22.9. The van der Waals surface area contributed by atoms with E-state index in [4.69, 9.17) is 14.2 Å². The maximum absolute atomic E-state index is 5.67. The van der Waals surface area contributed by atoms with E-state index in [9.17, 15) is 0 Å². The predicted molar refractivity (Wildman–Crippen MR) is 124 cm³/mol. The average Bonchev–Trinajstić information content (AvgIpc) is 2.81. The van der Waals surface area contributed by atoms with Crippen LogP contribution in [0.15, 0.2) is 47.5 Å². The lowest BCUT2D eigenvalue weighted by atomic mass is 10.1. The van der Waals surface area contributed by atoms with Crippen LogP contribution in [0.2, 0.25) is 0 Å². The number of hydrogen-bond donors (Lipinski definition) is 2. The molecule has 0 spiro atoms. The standard InChI is InChI=1S/C24H34N4O3/c1-4-31-23-15-19(9-10-22(23)29-3)16-26-24(25-2)27-17-20-7-5-6-8-21(20)18-28-11-13-30-14-12-28/h5-10,15H,4,11-14,16-18H2,1-3H3,(H2,25,26,27). The van der Waals surface area contributed by atoms with Crippen LogP contribution in [0.4, 0.5) is 0 Å². The molecule has 1 heterocycles. The third-order valence-corrected chi connectivity index (χ3v) is 5.27. The molecule has 0 amide bonds. The molecule has 2 aromatic carbocycles. The molecule has 7 heteroatoms. The van der Waals surface area contributed by atoms with Crippen molar-refractivity contribution in [2.75, 3.05) is 47.1 Å². The van der Waals surface area contributed by atoms with Gasteiger partial charge in [0, 0.05) is 39.8 Å². The Hall–Kier alpha value is -2.77. The van der Waals surface area contributed by atoms with Gasteiger partial charge in [-0.25, -0.2) is 0 Å². The molecule has 1 fully saturated rings. The first-order valence-corrected chi connectivity index (χ1v) is 10.8. The molecule has 0 unspecified atom stereocenters. The minimum atomic E-state index is 0.598. The average molecular weight is 427 g/mol. The van der Waals surface area contributed by atoms with E-state index in [1.165, 1.54) is 11.1 Å². The number of rotatable bonds is 9. The Morgan fingerprint density at radius 1 is 1.03 bits per heavy atom. The summed E-state index contributed by atoms with van der Waals surface area (Å²) in [4.78, 5) is 6.81. The molecule has 1 aliphatic rings. The summed E-state index contributed by atoms with van der Waals surface area (Å²) in [5.41, 5.74) is 3.71. The van der Waals surface area contributed by atoms with Gasteiger partial charge in [-0.1, -0.05) is 30.3 Å². The fourth-order valence-corrected chi connectivity index (χ4v) is 3.57. The zero-order valence-electron chi connectivity index (χ0n) is 18.8. The molecule has 168 valence electrons. The zero-order chi connectivity index (χ0) is 21.9. The van der Waals surface area contributed by atoms with E-state index >= 15 is 0 Å². The molecule has 1 saturated heterocycles. The molecule has 0 aliphatic carbocycles. The van der Waals surface area contributed by atoms with Crippen molar-refractivity contribution in [1.82, 2.24) is 15.5 Å². The van der Waals surface area contributed by atoms with E-state index < -0.39 is 0 Å². The summed E-state index contributed by atoms with van der Waals surface area (Å²) in [5.74, 6) is 2.25. The largest absolute Gasteiger partial charge is 0.493 e. The maximum atomic E-state index is 5.67. The van der Waals surface area contributed by atoms with Crippen LogP contribution < -0.4 is 20.1 Å². The van der Waals surface area contributed by atoms with E-state index in [-0.39, 0.29) is 0 Å². The summed E-state index contributed by atoms with van der Waals surface area (Å²) in [6, 6.07) is 14.5. The minimum Gasteiger partial charge on any atom is -0.493 e. The quantitative estimate of drug-likeness (QED) is 0.475. The topological polar surface area (TPSA) is 67.4 Å². The fourth-order valence-electron chi connectivity index (χ4n) is 3.57. The number of hydrogen-bond acceptors (Lipinski definition) is 5. The Morgan fingerprint density at radius 3 is 2.48 bits per heavy atom. The van der Waals surface area contributed by atoms with Crippen LogP contribution in [0.3, 0.4) is 0 Å². The van der Waals surface area contributed by atoms with E-state index in [0.29, 0.717) is 19.7 Å². The van der Waals surface area contributed by atoms with Crippen LogP contribution in [0.5, 0.6) is 11.5 Å². The second-order valence-corrected chi connectivity index (χ2v) is 7.35. The second kappa shape index (κ2) is 12.2. The molecule has 3 rings (SSSR count). The monoisotopic (exact) mass is 426 g/mol. The molecule has 2 N–H and O–H groups in total. The van der Waals surface area contributed by atoms with Crippen molar-refractivity contribution >= 4 is 5.96 Å². The molecule has 0 aromatic heterocycles. The number of aliphatic imine (C=N–C) groups is 1. The minimum absolute atomic E-state index is 0.598. The van der Waals surface area contributed by atoms with Gasteiger partial charge in [-0.3, -0.25) is 9.89 Å². The summed E-state index contributed by atoms with van der Waals surface area (Å²) in [6.45, 7) is 8.45. The molecule has 0 bridgehead atoms. The summed E-state index contributed by atoms with van der Waals surface area (Å²) >= 11 is 0. The molecule has 0 saturated carbocycles. The van der Waals surface area contributed by atoms with Crippen molar-refractivity contribution in [2.45, 2.75) is 26.6 Å². The van der Waals surface area contributed by atoms with Gasteiger partial charge in [0.05, 0.1) is 26.9 Å². The van der Waals surface area contributed by atoms with Crippen molar-refractivity contribution < 1.29 is 14.2 Å². The lowest BCUT2D eigenvalue weighted by Gasteiger charge is -2.27. The van der Waals surface area contributed by atoms with E-state index in [0.717, 1.165) is 55.9 Å². The number of guanidine groups is 1. The van der Waals surface area contributed by atoms with E-state index in [1.54, 1.807) is 14.2 Å². The number of benzene rings is 2. The number of morpholine rings is 1. The van der Waals surface area contributed by atoms with Crippen molar-refractivity contribution in [3.8, 4) is 11.5 Å². The summed E-state index contributed by atoms with van der Waals surface area (Å²) in [6.07, 6.45) is 0. The van der Waals surface area contributed by atoms with Crippen LogP contribution in [0, 0.1) is 0 Å². The van der Waals surface area contributed by atoms with Gasteiger partial charge < -0.3 is 24.8 Å². The third-order valence-electron chi connectivity index (χ3n) is 5.27. The predicted octanol–water partition coefficient (Wildman–Crippen LogP) is 2.79. The van der Waals surface area contributed by atoms with Gasteiger partial charge in [0.2, 0.25) is 0 Å². The first-order chi connectivity index (χ1) is 15.2. The Labute approximate surface area is 185 Å². The van der Waals surface area contributed by atoms with Gasteiger partial charge in [0.25, 0.3) is 0 Å². The smallest absolute Gasteiger partial charge is 0.191 e. The fraction of sp³-hybridized carbons (Fsp3) is 0.458. The van der Waals surface area contributed by atoms with Crippen molar-refractivity contribution in [1.29, 1.82) is 0 Å². The maximum Gasteiger partial charge on any atom is 0.191 e. The van der Waals surface area contributed by atoms with Gasteiger partial charge in [-0.15, -0.1) is 0 Å². The van der Waals surface area contributed by atoms with Crippen LogP contribution in [-0.4, -0.2) is 57.9 Å². The zero-order valence-corrected chi connectivity index (χ0v) is 18.8. The summed E-state index contributed by atoms with van der Waals surface area (Å²) in [5, 5.41) is 6.81. The highest BCUT2D eigenvalue weighted by Crippen LogP contribution is 2.28. The molecule has 0 atom stereocenters. The molecule has 31 heavy (non-hydrogen) atoms. The van der Waals surface area contributed by atoms with Gasteiger partial charge in [0.1, 0.15) is 0 Å². The molecular formula is C24H34N4O3. The molecular weight excluding hydrogens is 392 g/mol. The summed E-state index contributed by atoms with van der Waals surface area (Å²) in [7, 11) is 3.44. The second-order valence-electron chi connectivity index (χ2n) is 7.35. The van der Waals surface area contributed by atoms with Gasteiger partial charge in [-0.2, -0.15) is 0 Å². The van der Waals surface area contributed by atoms with Crippen molar-refractivity contribution in [3.05, 3.63) is 59.2 Å². The van der Waals surface area contributed by atoms with E-state index in [2.05, 4.69) is 44.8 Å². The normalized spacial score (nSPS) is 14.9. The lowest BCUT2D eigenvalue weighted by Crippen LogP contribution is -2.37. The van der Waals surface area contributed by atoms with Crippen LogP contribution >= 0.6 is 0 Å². The van der Waals surface area contributed by atoms with Gasteiger partial charge in [0.15, 0.2) is 17.5 Å². The SMILES string of the molecule is CCOc1cc(CNC(=NC)NCc2ccccc2CN2CCOCC2)ccc1OC. The van der Waals surface area contributed by atoms with Crippen LogP contribution in [0.25, 0.3) is 0 Å². The highest BCUT2D eigenvalue weighted by Gasteiger charge is 2.13. The lowest BCUT2D eigenvalue weighted by molar-refractivity contribution is 0.0341. The molecule has 2 aromatic rings. The third kappa shape index (κ3) is 6.87. The molecule has 7 nitrogen and oxygen atoms in total. The Morgan fingerprint density at radius 2 is 1.77 bits per heavy atom. The highest BCUT2D eigenvalue weighted by atomic mass is 16.5. The van der Waals surface area contributed by atoms with Crippen LogP contribution in [-0.2, 0) is 24.4 Å². The van der Waals surface area contributed by atoms with E-state index in [1.807, 2.05) is 25.1 Å². The molecule has 1 aliphatic heterocycles. The Balaban J connectivity index is 1.56. The van der Waals surface area contributed by atoms with Crippen molar-refractivity contribution in [2.24, 2.45) is 4.99 Å². The first-order valence-electron chi connectivity index (χ1n) is 10.8. The highest BCUT2D eigenvalue weighted by molar-refractivity contribution is 5.79. The number of ether oxygens (including phenoxy) is 3. The van der Waals surface area contributed by atoms with Crippen molar-refractivity contribution in [3.63, 3.8) is 0 Å². The number of nitrogens with one attached hydrogen (secondary N) is 2. The van der Waals surface area contributed by atoms with Crippen LogP contribution in [0.1, 0.15) is 23.6 Å². The Bertz CT molecular complexity index is 850.